The molecule has 1 aromatic heterocycles. The first-order valence-electron chi connectivity index (χ1n) is 15.2. The van der Waals surface area contributed by atoms with Gasteiger partial charge in [-0.2, -0.15) is 16.7 Å². The van der Waals surface area contributed by atoms with Crippen molar-refractivity contribution in [3.63, 3.8) is 0 Å². The van der Waals surface area contributed by atoms with Crippen LogP contribution in [0, 0.1) is 0 Å². The number of nitrogens with zero attached hydrogens (tertiary/aromatic N) is 2. The van der Waals surface area contributed by atoms with Crippen LogP contribution in [0.4, 0.5) is 0 Å². The summed E-state index contributed by atoms with van der Waals surface area (Å²) < 4.78 is 17.5. The molecule has 8 heteroatoms. The summed E-state index contributed by atoms with van der Waals surface area (Å²) in [7, 11) is 0. The Labute approximate surface area is 242 Å². The van der Waals surface area contributed by atoms with Gasteiger partial charge in [-0.15, -0.1) is 0 Å². The van der Waals surface area contributed by atoms with Gasteiger partial charge in [0, 0.05) is 30.4 Å². The molecule has 1 unspecified atom stereocenters. The molecule has 38 heavy (non-hydrogen) atoms. The largest absolute Gasteiger partial charge is 0.471 e. The van der Waals surface area contributed by atoms with E-state index in [0.29, 0.717) is 30.9 Å². The first-order chi connectivity index (χ1) is 18.8. The monoisotopic (exact) mass is 572 g/mol. The van der Waals surface area contributed by atoms with E-state index in [1.54, 1.807) is 24.0 Å². The molecule has 1 atom stereocenters. The molecular weight excluding hydrogens is 516 g/mol. The number of unbranched alkanes of at least 4 members (excludes halogenated alkanes) is 15. The fourth-order valence-corrected chi connectivity index (χ4v) is 5.42. The van der Waals surface area contributed by atoms with Crippen LogP contribution in [-0.4, -0.2) is 72.0 Å². The molecule has 6 nitrogen and oxygen atoms in total. The Morgan fingerprint density at radius 2 is 1.39 bits per heavy atom. The molecule has 0 aromatic carbocycles. The minimum Gasteiger partial charge on any atom is -0.471 e. The predicted molar refractivity (Wildman–Crippen MR) is 164 cm³/mol. The lowest BCUT2D eigenvalue weighted by atomic mass is 10.0. The molecule has 1 N–H and O–H groups in total. The first-order valence-corrected chi connectivity index (χ1v) is 17.6. The second-order valence-electron chi connectivity index (χ2n) is 9.91. The summed E-state index contributed by atoms with van der Waals surface area (Å²) in [6, 6.07) is 1.80. The highest BCUT2D eigenvalue weighted by atomic mass is 32.2. The van der Waals surface area contributed by atoms with E-state index in [2.05, 4.69) is 16.9 Å². The fourth-order valence-electron chi connectivity index (χ4n) is 4.24. The summed E-state index contributed by atoms with van der Waals surface area (Å²) in [6.45, 7) is 4.71. The third kappa shape index (κ3) is 22.3. The maximum Gasteiger partial charge on any atom is 0.217 e. The van der Waals surface area contributed by atoms with Crippen molar-refractivity contribution in [2.45, 2.75) is 121 Å². The molecule has 1 rings (SSSR count). The standard InChI is InChI=1S/C30H56N2O4S2/c1-3-4-5-6-7-8-9-10-11-12-13-14-15-16-17-18-22-35-26-28(27-38-25-24-34-23-21-33)36-29-19-20-31-30(32-29)37-2/h19-20,28,33H,3-18,21-27H2,1-2H3. The second kappa shape index (κ2) is 28.0. The molecule has 0 bridgehead atoms. The highest BCUT2D eigenvalue weighted by Crippen LogP contribution is 2.17. The van der Waals surface area contributed by atoms with E-state index in [4.69, 9.17) is 19.3 Å². The van der Waals surface area contributed by atoms with Crippen molar-refractivity contribution in [3.05, 3.63) is 12.3 Å². The molecule has 1 aromatic rings. The number of aromatic nitrogens is 2. The Bertz CT molecular complexity index is 628. The molecule has 0 aliphatic rings. The van der Waals surface area contributed by atoms with Gasteiger partial charge in [-0.05, 0) is 12.7 Å². The quantitative estimate of drug-likeness (QED) is 0.0589. The molecule has 222 valence electrons. The van der Waals surface area contributed by atoms with Crippen molar-refractivity contribution in [1.82, 2.24) is 9.97 Å². The number of hydrogen-bond acceptors (Lipinski definition) is 8. The SMILES string of the molecule is CCCCCCCCCCCCCCCCCCOCC(CSCCOCCO)Oc1ccnc(SC)n1. The number of aliphatic hydroxyl groups excluding tert-OH is 1. The minimum absolute atomic E-state index is 0.0646. The smallest absolute Gasteiger partial charge is 0.217 e. The van der Waals surface area contributed by atoms with Gasteiger partial charge in [0.15, 0.2) is 5.16 Å². The summed E-state index contributed by atoms with van der Waals surface area (Å²) in [5.74, 6) is 2.26. The Morgan fingerprint density at radius 1 is 0.789 bits per heavy atom. The molecule has 0 radical (unpaired) electrons. The molecular formula is C30H56N2O4S2. The molecule has 0 amide bonds. The van der Waals surface area contributed by atoms with Crippen molar-refractivity contribution < 1.29 is 19.3 Å². The van der Waals surface area contributed by atoms with Crippen molar-refractivity contribution >= 4 is 23.5 Å². The number of rotatable bonds is 29. The number of thioether (sulfide) groups is 2. The zero-order valence-corrected chi connectivity index (χ0v) is 26.0. The van der Waals surface area contributed by atoms with Gasteiger partial charge in [0.25, 0.3) is 0 Å². The minimum atomic E-state index is -0.0662. The normalized spacial score (nSPS) is 12.2. The highest BCUT2D eigenvalue weighted by Gasteiger charge is 2.13. The van der Waals surface area contributed by atoms with E-state index >= 15 is 0 Å². The van der Waals surface area contributed by atoms with Crippen LogP contribution in [0.3, 0.4) is 0 Å². The average Bonchev–Trinajstić information content (AvgIpc) is 2.94. The van der Waals surface area contributed by atoms with Crippen LogP contribution in [0.25, 0.3) is 0 Å². The summed E-state index contributed by atoms with van der Waals surface area (Å²) in [4.78, 5) is 8.66. The third-order valence-electron chi connectivity index (χ3n) is 6.44. The summed E-state index contributed by atoms with van der Waals surface area (Å²) in [6.07, 6.45) is 25.6. The van der Waals surface area contributed by atoms with E-state index < -0.39 is 0 Å². The van der Waals surface area contributed by atoms with Crippen molar-refractivity contribution in [3.8, 4) is 5.88 Å². The van der Waals surface area contributed by atoms with Crippen LogP contribution in [0.2, 0.25) is 0 Å². The maximum atomic E-state index is 8.82. The van der Waals surface area contributed by atoms with Crippen LogP contribution in [0.1, 0.15) is 110 Å². The van der Waals surface area contributed by atoms with E-state index in [-0.39, 0.29) is 12.7 Å². The fraction of sp³-hybridized carbons (Fsp3) is 0.867. The zero-order chi connectivity index (χ0) is 27.4. The average molecular weight is 573 g/mol. The van der Waals surface area contributed by atoms with E-state index in [0.717, 1.165) is 24.5 Å². The van der Waals surface area contributed by atoms with Crippen LogP contribution < -0.4 is 4.74 Å². The Balaban J connectivity index is 2.04. The lowest BCUT2D eigenvalue weighted by molar-refractivity contribution is 0.0560. The topological polar surface area (TPSA) is 73.7 Å². The Hall–Kier alpha value is -0.540. The molecule has 0 spiro atoms. The van der Waals surface area contributed by atoms with E-state index in [1.807, 2.05) is 6.26 Å². The van der Waals surface area contributed by atoms with Gasteiger partial charge in [0.05, 0.1) is 26.4 Å². The second-order valence-corrected chi connectivity index (χ2v) is 11.8. The van der Waals surface area contributed by atoms with Crippen molar-refractivity contribution in [2.24, 2.45) is 0 Å². The molecule has 0 fully saturated rings. The summed E-state index contributed by atoms with van der Waals surface area (Å²) in [5, 5.41) is 9.52. The van der Waals surface area contributed by atoms with Crippen molar-refractivity contribution in [1.29, 1.82) is 0 Å². The summed E-state index contributed by atoms with van der Waals surface area (Å²) in [5.41, 5.74) is 0. The molecule has 0 saturated heterocycles. The van der Waals surface area contributed by atoms with E-state index in [1.165, 1.54) is 108 Å². The van der Waals surface area contributed by atoms with Crippen LogP contribution in [0.5, 0.6) is 5.88 Å². The number of ether oxygens (including phenoxy) is 3. The zero-order valence-electron chi connectivity index (χ0n) is 24.4. The van der Waals surface area contributed by atoms with Gasteiger partial charge >= 0.3 is 0 Å². The lowest BCUT2D eigenvalue weighted by Crippen LogP contribution is -2.27. The van der Waals surface area contributed by atoms with Gasteiger partial charge in [-0.1, -0.05) is 115 Å². The summed E-state index contributed by atoms with van der Waals surface area (Å²) >= 11 is 3.28. The number of aliphatic hydroxyl groups is 1. The van der Waals surface area contributed by atoms with Gasteiger partial charge in [0.1, 0.15) is 6.10 Å². The van der Waals surface area contributed by atoms with Crippen molar-refractivity contribution in [2.75, 3.05) is 50.8 Å². The Kier molecular flexibility index (Phi) is 26.2. The first kappa shape index (κ1) is 35.5. The highest BCUT2D eigenvalue weighted by molar-refractivity contribution is 7.99. The lowest BCUT2D eigenvalue weighted by Gasteiger charge is -2.18. The molecule has 0 aliphatic heterocycles. The van der Waals surface area contributed by atoms with Crippen LogP contribution >= 0.6 is 23.5 Å². The van der Waals surface area contributed by atoms with Gasteiger partial charge in [0.2, 0.25) is 5.88 Å². The predicted octanol–water partition coefficient (Wildman–Crippen LogP) is 7.97. The van der Waals surface area contributed by atoms with Gasteiger partial charge in [-0.3, -0.25) is 0 Å². The van der Waals surface area contributed by atoms with E-state index in [9.17, 15) is 0 Å². The van der Waals surface area contributed by atoms with Gasteiger partial charge < -0.3 is 19.3 Å². The Morgan fingerprint density at radius 3 is 1.97 bits per heavy atom. The van der Waals surface area contributed by atoms with Crippen LogP contribution in [-0.2, 0) is 9.47 Å². The maximum absolute atomic E-state index is 8.82. The van der Waals surface area contributed by atoms with Gasteiger partial charge in [-0.25, -0.2) is 4.98 Å². The number of hydrogen-bond donors (Lipinski definition) is 1. The molecule has 0 aliphatic carbocycles. The third-order valence-corrected chi connectivity index (χ3v) is 8.06. The molecule has 0 saturated carbocycles. The van der Waals surface area contributed by atoms with Crippen LogP contribution in [0.15, 0.2) is 17.4 Å². The molecule has 1 heterocycles.